The largest absolute Gasteiger partial charge is 0.478 e. The quantitative estimate of drug-likeness (QED) is 0.657. The van der Waals surface area contributed by atoms with Gasteiger partial charge in [0.05, 0.1) is 16.6 Å². The molecule has 0 unspecified atom stereocenters. The minimum Gasteiger partial charge on any atom is -0.478 e. The summed E-state index contributed by atoms with van der Waals surface area (Å²) in [6.07, 6.45) is 0.0373. The second kappa shape index (κ2) is 5.61. The first kappa shape index (κ1) is 14.5. The van der Waals surface area contributed by atoms with Gasteiger partial charge in [-0.2, -0.15) is 0 Å². The van der Waals surface area contributed by atoms with Crippen molar-refractivity contribution in [3.05, 3.63) is 44.5 Å². The lowest BCUT2D eigenvalue weighted by atomic mass is 10.2. The predicted octanol–water partition coefficient (Wildman–Crippen LogP) is -0.476. The molecule has 0 aliphatic heterocycles. The molecule has 8 nitrogen and oxygen atoms in total. The molecule has 0 bridgehead atoms. The predicted molar refractivity (Wildman–Crippen MR) is 74.5 cm³/mol. The third kappa shape index (κ3) is 2.83. The van der Waals surface area contributed by atoms with Gasteiger partial charge in [0.25, 0.3) is 0 Å². The van der Waals surface area contributed by atoms with E-state index in [1.54, 1.807) is 0 Å². The van der Waals surface area contributed by atoms with Gasteiger partial charge in [0.15, 0.2) is 0 Å². The van der Waals surface area contributed by atoms with Crippen LogP contribution in [-0.2, 0) is 11.3 Å². The van der Waals surface area contributed by atoms with Crippen molar-refractivity contribution in [3.63, 3.8) is 0 Å². The van der Waals surface area contributed by atoms with E-state index >= 15 is 0 Å². The number of hydrogen-bond acceptors (Lipinski definition) is 4. The maximum Gasteiger partial charge on any atom is 0.335 e. The second-order valence-electron chi connectivity index (χ2n) is 4.37. The van der Waals surface area contributed by atoms with Gasteiger partial charge in [0.2, 0.25) is 5.91 Å². The number of carboxylic acid groups (broad SMARTS) is 1. The summed E-state index contributed by atoms with van der Waals surface area (Å²) < 4.78 is 1.16. The molecule has 0 saturated heterocycles. The topological polar surface area (TPSA) is 121 Å². The molecule has 2 aromatic rings. The molecule has 0 saturated carbocycles. The highest BCUT2D eigenvalue weighted by molar-refractivity contribution is 5.92. The smallest absolute Gasteiger partial charge is 0.335 e. The van der Waals surface area contributed by atoms with E-state index in [1.807, 2.05) is 0 Å². The van der Waals surface area contributed by atoms with E-state index < -0.39 is 17.1 Å². The third-order valence-electron chi connectivity index (χ3n) is 3.06. The summed E-state index contributed by atoms with van der Waals surface area (Å²) >= 11 is 0. The zero-order valence-electron chi connectivity index (χ0n) is 11.2. The van der Waals surface area contributed by atoms with E-state index in [0.717, 1.165) is 4.57 Å². The first-order chi connectivity index (χ1) is 9.93. The zero-order valence-corrected chi connectivity index (χ0v) is 11.2. The van der Waals surface area contributed by atoms with Crippen LogP contribution in [0, 0.1) is 0 Å². The Balaban J connectivity index is 2.60. The van der Waals surface area contributed by atoms with Crippen LogP contribution in [-0.4, -0.2) is 33.6 Å². The number of nitrogens with one attached hydrogen (secondary N) is 2. The zero-order chi connectivity index (χ0) is 15.6. The Morgan fingerprint density at radius 3 is 2.67 bits per heavy atom. The van der Waals surface area contributed by atoms with Crippen molar-refractivity contribution in [3.8, 4) is 0 Å². The van der Waals surface area contributed by atoms with Gasteiger partial charge in [-0.3, -0.25) is 14.4 Å². The van der Waals surface area contributed by atoms with Gasteiger partial charge < -0.3 is 20.0 Å². The Bertz CT molecular complexity index is 834. The molecule has 1 aromatic carbocycles. The van der Waals surface area contributed by atoms with Crippen LogP contribution in [0.3, 0.4) is 0 Å². The lowest BCUT2D eigenvalue weighted by Crippen LogP contribution is -2.37. The summed E-state index contributed by atoms with van der Waals surface area (Å²) in [5, 5.41) is 11.4. The van der Waals surface area contributed by atoms with Crippen molar-refractivity contribution in [2.24, 2.45) is 0 Å². The molecule has 0 fully saturated rings. The Hall–Kier alpha value is -2.90. The minimum absolute atomic E-state index is 0.00495. The molecule has 1 heterocycles. The van der Waals surface area contributed by atoms with Crippen LogP contribution in [0.15, 0.2) is 27.8 Å². The Morgan fingerprint density at radius 1 is 1.33 bits per heavy atom. The van der Waals surface area contributed by atoms with Crippen molar-refractivity contribution in [1.29, 1.82) is 0 Å². The number of rotatable bonds is 4. The van der Waals surface area contributed by atoms with Crippen LogP contribution in [0.1, 0.15) is 16.8 Å². The van der Waals surface area contributed by atoms with Crippen molar-refractivity contribution in [1.82, 2.24) is 14.9 Å². The summed E-state index contributed by atoms with van der Waals surface area (Å²) in [5.74, 6) is -1.40. The fourth-order valence-electron chi connectivity index (χ4n) is 1.97. The number of carbonyl (C=O) groups excluding carboxylic acids is 1. The van der Waals surface area contributed by atoms with Gasteiger partial charge in [-0.1, -0.05) is 0 Å². The maximum atomic E-state index is 11.9. The van der Waals surface area contributed by atoms with Crippen LogP contribution < -0.4 is 16.4 Å². The fraction of sp³-hybridized carbons (Fsp3) is 0.231. The van der Waals surface area contributed by atoms with Gasteiger partial charge in [-0.25, -0.2) is 4.79 Å². The normalized spacial score (nSPS) is 10.5. The lowest BCUT2D eigenvalue weighted by molar-refractivity contribution is -0.120. The lowest BCUT2D eigenvalue weighted by Gasteiger charge is -2.09. The van der Waals surface area contributed by atoms with Crippen molar-refractivity contribution < 1.29 is 14.7 Å². The SMILES string of the molecule is CNC(=O)CCn1c(=O)c(=O)[nH]c2cc(C(=O)O)ccc21. The molecule has 2 rings (SSSR count). The van der Waals surface area contributed by atoms with Crippen molar-refractivity contribution >= 4 is 22.9 Å². The standard InChI is InChI=1S/C13H13N3O5/c1-14-10(17)4-5-16-9-3-2-7(13(20)21)6-8(9)15-11(18)12(16)19/h2-3,6H,4-5H2,1H3,(H,14,17)(H,15,18)(H,20,21). The van der Waals surface area contributed by atoms with Gasteiger partial charge >= 0.3 is 17.1 Å². The monoisotopic (exact) mass is 291 g/mol. The molecule has 0 atom stereocenters. The first-order valence-corrected chi connectivity index (χ1v) is 6.15. The van der Waals surface area contributed by atoms with Crippen LogP contribution in [0.5, 0.6) is 0 Å². The molecule has 0 spiro atoms. The Morgan fingerprint density at radius 2 is 2.05 bits per heavy atom. The molecule has 21 heavy (non-hydrogen) atoms. The highest BCUT2D eigenvalue weighted by Crippen LogP contribution is 2.12. The second-order valence-corrected chi connectivity index (χ2v) is 4.37. The van der Waals surface area contributed by atoms with E-state index in [0.29, 0.717) is 5.52 Å². The highest BCUT2D eigenvalue weighted by Gasteiger charge is 2.11. The summed E-state index contributed by atoms with van der Waals surface area (Å²) in [7, 11) is 1.47. The van der Waals surface area contributed by atoms with Gasteiger partial charge in [0, 0.05) is 20.0 Å². The molecule has 8 heteroatoms. The molecule has 0 radical (unpaired) electrons. The molecular formula is C13H13N3O5. The van der Waals surface area contributed by atoms with Crippen LogP contribution >= 0.6 is 0 Å². The number of hydrogen-bond donors (Lipinski definition) is 3. The van der Waals surface area contributed by atoms with Gasteiger partial charge in [-0.15, -0.1) is 0 Å². The molecule has 3 N–H and O–H groups in total. The number of aryl methyl sites for hydroxylation is 1. The molecular weight excluding hydrogens is 278 g/mol. The summed E-state index contributed by atoms with van der Waals surface area (Å²) in [6, 6.07) is 4.04. The maximum absolute atomic E-state index is 11.9. The molecule has 1 amide bonds. The number of aromatic carboxylic acids is 1. The number of fused-ring (bicyclic) bond motifs is 1. The number of amides is 1. The number of carbonyl (C=O) groups is 2. The molecule has 110 valence electrons. The Kier molecular flexibility index (Phi) is 3.88. The average molecular weight is 291 g/mol. The minimum atomic E-state index is -1.14. The number of aromatic nitrogens is 2. The number of nitrogens with zero attached hydrogens (tertiary/aromatic N) is 1. The number of H-pyrrole nitrogens is 1. The summed E-state index contributed by atoms with van der Waals surface area (Å²) in [6.45, 7) is 0.0331. The van der Waals surface area contributed by atoms with Gasteiger partial charge in [-0.05, 0) is 18.2 Å². The van der Waals surface area contributed by atoms with Crippen LogP contribution in [0.4, 0.5) is 0 Å². The number of carboxylic acids is 1. The third-order valence-corrected chi connectivity index (χ3v) is 3.06. The molecule has 0 aliphatic carbocycles. The van der Waals surface area contributed by atoms with Crippen molar-refractivity contribution in [2.45, 2.75) is 13.0 Å². The first-order valence-electron chi connectivity index (χ1n) is 6.15. The number of benzene rings is 1. The van der Waals surface area contributed by atoms with E-state index in [1.165, 1.54) is 25.2 Å². The summed E-state index contributed by atoms with van der Waals surface area (Å²) in [4.78, 5) is 48.0. The molecule has 1 aromatic heterocycles. The van der Waals surface area contributed by atoms with E-state index in [2.05, 4.69) is 10.3 Å². The van der Waals surface area contributed by atoms with Gasteiger partial charge in [0.1, 0.15) is 0 Å². The number of aromatic amines is 1. The van der Waals surface area contributed by atoms with E-state index in [4.69, 9.17) is 5.11 Å². The Labute approximate surface area is 118 Å². The highest BCUT2D eigenvalue weighted by atomic mass is 16.4. The van der Waals surface area contributed by atoms with Crippen LogP contribution in [0.2, 0.25) is 0 Å². The van der Waals surface area contributed by atoms with Crippen LogP contribution in [0.25, 0.3) is 11.0 Å². The summed E-state index contributed by atoms with van der Waals surface area (Å²) in [5.41, 5.74) is -1.05. The van der Waals surface area contributed by atoms with E-state index in [9.17, 15) is 19.2 Å². The van der Waals surface area contributed by atoms with E-state index in [-0.39, 0.29) is 30.0 Å². The van der Waals surface area contributed by atoms with Crippen molar-refractivity contribution in [2.75, 3.05) is 7.05 Å². The molecule has 0 aliphatic rings. The fourth-order valence-corrected chi connectivity index (χ4v) is 1.97. The average Bonchev–Trinajstić information content (AvgIpc) is 2.46.